The zero-order valence-corrected chi connectivity index (χ0v) is 35.0. The molecule has 0 radical (unpaired) electrons. The average molecular weight is 823 g/mol. The summed E-state index contributed by atoms with van der Waals surface area (Å²) in [5, 5.41) is 15.5. The fourth-order valence-electron chi connectivity index (χ4n) is 9.23. The third kappa shape index (κ3) is 8.49. The van der Waals surface area contributed by atoms with Crippen molar-refractivity contribution in [2.75, 3.05) is 44.2 Å². The van der Waals surface area contributed by atoms with Crippen LogP contribution in [0.25, 0.3) is 10.9 Å². The summed E-state index contributed by atoms with van der Waals surface area (Å²) in [6.07, 6.45) is 4.76. The smallest absolute Gasteiger partial charge is 0.262 e. The summed E-state index contributed by atoms with van der Waals surface area (Å²) in [6, 6.07) is 15.2. The normalized spacial score (nSPS) is 21.3. The monoisotopic (exact) mass is 822 g/mol. The molecule has 2 aliphatic heterocycles. The first-order valence-corrected chi connectivity index (χ1v) is 20.7. The van der Waals surface area contributed by atoms with Crippen molar-refractivity contribution in [1.29, 1.82) is 5.26 Å². The number of hydrogen-bond acceptors (Lipinski definition) is 11. The SMILES string of the molecule is Cc1nc2c(OCCCCCN3CCN(c4ccc(C(=O)NC5C(C)(C)C(Oc6ccc(C#N)c(Cl)c6)C5(C)C)cn4)CC3)cccc2c(=O)n1[C@@H]1CCC(=O)NC1=O. The predicted octanol–water partition coefficient (Wildman–Crippen LogP) is 5.59. The molecule has 0 spiro atoms. The van der Waals surface area contributed by atoms with Gasteiger partial charge in [0.25, 0.3) is 11.5 Å². The van der Waals surface area contributed by atoms with Crippen LogP contribution in [0.2, 0.25) is 5.02 Å². The lowest BCUT2D eigenvalue weighted by molar-refractivity contribution is -0.164. The van der Waals surface area contributed by atoms with Crippen LogP contribution in [0.1, 0.15) is 87.6 Å². The second-order valence-corrected chi connectivity index (χ2v) is 17.3. The van der Waals surface area contributed by atoms with E-state index in [4.69, 9.17) is 21.1 Å². The van der Waals surface area contributed by atoms with Gasteiger partial charge in [0.15, 0.2) is 0 Å². The highest BCUT2D eigenvalue weighted by molar-refractivity contribution is 6.31. The number of para-hydroxylation sites is 1. The van der Waals surface area contributed by atoms with Crippen LogP contribution in [-0.2, 0) is 9.59 Å². The Labute approximate surface area is 348 Å². The molecule has 7 rings (SSSR count). The molecule has 1 atom stereocenters. The number of nitrogens with zero attached hydrogens (tertiary/aromatic N) is 6. The number of nitrogens with one attached hydrogen (secondary N) is 2. The maximum atomic E-state index is 13.4. The molecular formula is C44H51ClN8O6. The Bertz CT molecular complexity index is 2330. The summed E-state index contributed by atoms with van der Waals surface area (Å²) in [6.45, 7) is 15.0. The molecule has 15 heteroatoms. The third-order valence-electron chi connectivity index (χ3n) is 12.1. The lowest BCUT2D eigenvalue weighted by Gasteiger charge is -2.63. The molecule has 1 saturated carbocycles. The second kappa shape index (κ2) is 17.0. The summed E-state index contributed by atoms with van der Waals surface area (Å²) in [5.74, 6) is 1.38. The van der Waals surface area contributed by atoms with Crippen LogP contribution >= 0.6 is 11.6 Å². The Hall–Kier alpha value is -5.52. The molecule has 3 amide bonds. The number of halogens is 1. The Morgan fingerprint density at radius 2 is 1.78 bits per heavy atom. The Morgan fingerprint density at radius 3 is 2.46 bits per heavy atom. The van der Waals surface area contributed by atoms with Gasteiger partial charge in [-0.3, -0.25) is 34.0 Å². The van der Waals surface area contributed by atoms with E-state index < -0.39 is 11.9 Å². The number of aromatic nitrogens is 3. The van der Waals surface area contributed by atoms with Crippen LogP contribution in [0, 0.1) is 29.1 Å². The lowest BCUT2D eigenvalue weighted by Crippen LogP contribution is -2.74. The van der Waals surface area contributed by atoms with E-state index in [2.05, 4.69) is 64.2 Å². The highest BCUT2D eigenvalue weighted by atomic mass is 35.5. The van der Waals surface area contributed by atoms with Crippen LogP contribution in [-0.4, -0.2) is 88.6 Å². The van der Waals surface area contributed by atoms with E-state index in [1.165, 1.54) is 4.57 Å². The number of carbonyl (C=O) groups is 3. The maximum Gasteiger partial charge on any atom is 0.262 e. The molecule has 3 aliphatic rings. The minimum absolute atomic E-state index is 0.149. The van der Waals surface area contributed by atoms with Gasteiger partial charge in [0.05, 0.1) is 28.1 Å². The van der Waals surface area contributed by atoms with Crippen LogP contribution < -0.4 is 30.6 Å². The van der Waals surface area contributed by atoms with Gasteiger partial charge >= 0.3 is 0 Å². The van der Waals surface area contributed by atoms with E-state index in [0.717, 1.165) is 57.8 Å². The van der Waals surface area contributed by atoms with E-state index in [0.29, 0.717) is 51.0 Å². The Balaban J connectivity index is 0.833. The fourth-order valence-corrected chi connectivity index (χ4v) is 9.44. The zero-order chi connectivity index (χ0) is 42.1. The molecule has 0 unspecified atom stereocenters. The van der Waals surface area contributed by atoms with Gasteiger partial charge < -0.3 is 19.7 Å². The van der Waals surface area contributed by atoms with Gasteiger partial charge in [0.1, 0.15) is 46.9 Å². The number of piperidine rings is 1. The molecule has 3 fully saturated rings. The number of piperazine rings is 1. The second-order valence-electron chi connectivity index (χ2n) is 16.9. The zero-order valence-electron chi connectivity index (χ0n) is 34.2. The van der Waals surface area contributed by atoms with Gasteiger partial charge in [-0.25, -0.2) is 9.97 Å². The van der Waals surface area contributed by atoms with E-state index in [1.807, 2.05) is 18.2 Å². The van der Waals surface area contributed by atoms with Crippen LogP contribution in [0.3, 0.4) is 0 Å². The number of fused-ring (bicyclic) bond motifs is 1. The highest BCUT2D eigenvalue weighted by Gasteiger charge is 2.64. The largest absolute Gasteiger partial charge is 0.491 e. The predicted molar refractivity (Wildman–Crippen MR) is 224 cm³/mol. The van der Waals surface area contributed by atoms with Gasteiger partial charge in [0, 0.05) is 61.7 Å². The topological polar surface area (TPSA) is 172 Å². The van der Waals surface area contributed by atoms with Crippen molar-refractivity contribution in [2.45, 2.75) is 84.9 Å². The molecule has 310 valence electrons. The molecule has 4 aromatic rings. The third-order valence-corrected chi connectivity index (χ3v) is 12.4. The molecule has 0 bridgehead atoms. The summed E-state index contributed by atoms with van der Waals surface area (Å²) >= 11 is 6.24. The van der Waals surface area contributed by atoms with Gasteiger partial charge in [-0.2, -0.15) is 5.26 Å². The van der Waals surface area contributed by atoms with Gasteiger partial charge in [-0.1, -0.05) is 45.4 Å². The van der Waals surface area contributed by atoms with E-state index >= 15 is 0 Å². The van der Waals surface area contributed by atoms with Crippen molar-refractivity contribution in [3.05, 3.63) is 87.1 Å². The summed E-state index contributed by atoms with van der Waals surface area (Å²) in [5.41, 5.74) is 0.312. The van der Waals surface area contributed by atoms with Gasteiger partial charge in [0.2, 0.25) is 11.8 Å². The number of benzene rings is 2. The molecule has 2 aromatic carbocycles. The molecule has 59 heavy (non-hydrogen) atoms. The maximum absolute atomic E-state index is 13.4. The number of ether oxygens (including phenoxy) is 2. The minimum Gasteiger partial charge on any atom is -0.491 e. The Morgan fingerprint density at radius 1 is 1.02 bits per heavy atom. The number of aryl methyl sites for hydroxylation is 1. The van der Waals surface area contributed by atoms with E-state index in [9.17, 15) is 24.4 Å². The summed E-state index contributed by atoms with van der Waals surface area (Å²) < 4.78 is 13.8. The number of nitriles is 1. The molecule has 2 N–H and O–H groups in total. The molecule has 1 aliphatic carbocycles. The van der Waals surface area contributed by atoms with Gasteiger partial charge in [-0.15, -0.1) is 0 Å². The first kappa shape index (κ1) is 41.6. The summed E-state index contributed by atoms with van der Waals surface area (Å²) in [4.78, 5) is 65.0. The quantitative estimate of drug-likeness (QED) is 0.127. The van der Waals surface area contributed by atoms with Crippen molar-refractivity contribution in [3.8, 4) is 17.6 Å². The van der Waals surface area contributed by atoms with E-state index in [-0.39, 0.29) is 53.2 Å². The Kier molecular flexibility index (Phi) is 12.0. The molecular weight excluding hydrogens is 772 g/mol. The molecule has 14 nitrogen and oxygen atoms in total. The van der Waals surface area contributed by atoms with Crippen LogP contribution in [0.5, 0.6) is 11.5 Å². The van der Waals surface area contributed by atoms with Crippen molar-refractivity contribution >= 4 is 46.0 Å². The number of imide groups is 1. The van der Waals surface area contributed by atoms with Crippen LogP contribution in [0.15, 0.2) is 59.5 Å². The minimum atomic E-state index is -0.770. The number of unbranched alkanes of at least 4 members (excludes halogenated alkanes) is 2. The van der Waals surface area contributed by atoms with Crippen LogP contribution in [0.4, 0.5) is 5.82 Å². The van der Waals surface area contributed by atoms with Gasteiger partial charge in [-0.05, 0) is 75.5 Å². The van der Waals surface area contributed by atoms with Crippen molar-refractivity contribution < 1.29 is 23.9 Å². The van der Waals surface area contributed by atoms with Crippen molar-refractivity contribution in [1.82, 2.24) is 30.1 Å². The number of anilines is 1. The number of hydrogen-bond donors (Lipinski definition) is 2. The number of pyridine rings is 1. The van der Waals surface area contributed by atoms with Crippen molar-refractivity contribution in [2.24, 2.45) is 10.8 Å². The summed E-state index contributed by atoms with van der Waals surface area (Å²) in [7, 11) is 0. The standard InChI is InChI=1S/C44H51ClN8O6/c1-27-48-37-31(40(57)53(27)33-15-17-36(54)49-39(33)56)10-9-11-34(37)58-23-8-6-7-18-51-19-21-52(22-20-51)35-16-13-29(26-47-35)38(55)50-41-43(2,3)42(44(41,4)5)59-30-14-12-28(25-46)32(45)24-30/h9-14,16,24,26,33,41-42H,6-8,15,17-23H2,1-5H3,(H,50,55)(H,49,54,56)/t33-,41?,42?/m1/s1. The number of carbonyl (C=O) groups excluding carboxylic acids is 3. The molecule has 2 saturated heterocycles. The average Bonchev–Trinajstić information content (AvgIpc) is 3.21. The fraction of sp³-hybridized carbons (Fsp3) is 0.477. The van der Waals surface area contributed by atoms with Crippen molar-refractivity contribution in [3.63, 3.8) is 0 Å². The van der Waals surface area contributed by atoms with E-state index in [1.54, 1.807) is 43.5 Å². The first-order chi connectivity index (χ1) is 28.2. The lowest BCUT2D eigenvalue weighted by atomic mass is 9.49. The molecule has 4 heterocycles. The molecule has 2 aromatic heterocycles. The number of amides is 3. The highest BCUT2D eigenvalue weighted by Crippen LogP contribution is 2.55. The number of rotatable bonds is 13. The first-order valence-electron chi connectivity index (χ1n) is 20.3.